The molecule has 0 saturated carbocycles. The van der Waals surface area contributed by atoms with Crippen LogP contribution in [-0.4, -0.2) is 56.2 Å². The summed E-state index contributed by atoms with van der Waals surface area (Å²) in [5.74, 6) is 0.905. The molecule has 0 unspecified atom stereocenters. The molecule has 2 heterocycles. The summed E-state index contributed by atoms with van der Waals surface area (Å²) in [4.78, 5) is 5.16. The minimum absolute atomic E-state index is 0.00822. The molecule has 1 aromatic heterocycles. The van der Waals surface area contributed by atoms with Crippen LogP contribution in [0.25, 0.3) is 0 Å². The van der Waals surface area contributed by atoms with Crippen molar-refractivity contribution < 1.29 is 0 Å². The van der Waals surface area contributed by atoms with Gasteiger partial charge < -0.3 is 0 Å². The van der Waals surface area contributed by atoms with Gasteiger partial charge in [-0.25, -0.2) is 4.68 Å². The van der Waals surface area contributed by atoms with E-state index in [0.29, 0.717) is 0 Å². The first-order chi connectivity index (χ1) is 17.4. The molecule has 1 aliphatic heterocycles. The van der Waals surface area contributed by atoms with Crippen molar-refractivity contribution >= 4 is 0 Å². The van der Waals surface area contributed by atoms with Crippen molar-refractivity contribution in [1.82, 2.24) is 30.0 Å². The van der Waals surface area contributed by atoms with Crippen LogP contribution in [0.5, 0.6) is 0 Å². The molecule has 1 atom stereocenters. The molecule has 36 heavy (non-hydrogen) atoms. The van der Waals surface area contributed by atoms with Crippen LogP contribution in [0.1, 0.15) is 60.9 Å². The first kappa shape index (κ1) is 24.3. The molecule has 6 nitrogen and oxygen atoms in total. The lowest BCUT2D eigenvalue weighted by molar-refractivity contribution is 0.0843. The Bertz CT molecular complexity index is 1200. The molecule has 0 spiro atoms. The molecule has 1 aliphatic rings. The maximum atomic E-state index is 4.55. The number of hydrogen-bond acceptors (Lipinski definition) is 5. The van der Waals surface area contributed by atoms with E-state index < -0.39 is 0 Å². The van der Waals surface area contributed by atoms with Crippen LogP contribution >= 0.6 is 0 Å². The molecule has 5 rings (SSSR count). The Balaban J connectivity index is 1.44. The Morgan fingerprint density at radius 3 is 1.61 bits per heavy atom. The number of aromatic nitrogens is 4. The summed E-state index contributed by atoms with van der Waals surface area (Å²) in [5, 5.41) is 13.0. The minimum atomic E-state index is -0.199. The molecule has 0 N–H and O–H groups in total. The van der Waals surface area contributed by atoms with Gasteiger partial charge in [0.15, 0.2) is 5.82 Å². The zero-order valence-electron chi connectivity index (χ0n) is 21.7. The largest absolute Gasteiger partial charge is 0.290 e. The number of piperazine rings is 1. The van der Waals surface area contributed by atoms with Crippen LogP contribution in [0.4, 0.5) is 0 Å². The van der Waals surface area contributed by atoms with E-state index in [0.717, 1.165) is 32.0 Å². The molecule has 1 saturated heterocycles. The van der Waals surface area contributed by atoms with Gasteiger partial charge in [-0.15, -0.1) is 5.10 Å². The smallest absolute Gasteiger partial charge is 0.173 e. The normalized spacial score (nSPS) is 16.4. The summed E-state index contributed by atoms with van der Waals surface area (Å²) in [6.45, 7) is 12.4. The lowest BCUT2D eigenvalue weighted by atomic mass is 9.95. The van der Waals surface area contributed by atoms with Crippen molar-refractivity contribution in [3.63, 3.8) is 0 Å². The quantitative estimate of drug-likeness (QED) is 0.378. The van der Waals surface area contributed by atoms with Crippen molar-refractivity contribution in [2.24, 2.45) is 0 Å². The average molecular weight is 481 g/mol. The monoisotopic (exact) mass is 480 g/mol. The first-order valence-electron chi connectivity index (χ1n) is 12.8. The fourth-order valence-corrected chi connectivity index (χ4v) is 5.25. The van der Waals surface area contributed by atoms with Crippen LogP contribution < -0.4 is 0 Å². The van der Waals surface area contributed by atoms with Crippen LogP contribution in [0, 0.1) is 6.92 Å². The second-order valence-electron chi connectivity index (χ2n) is 10.7. The molecular formula is C30H36N6. The van der Waals surface area contributed by atoms with Gasteiger partial charge >= 0.3 is 0 Å². The second kappa shape index (κ2) is 10.3. The summed E-state index contributed by atoms with van der Waals surface area (Å²) in [6, 6.07) is 30.8. The van der Waals surface area contributed by atoms with Gasteiger partial charge in [-0.3, -0.25) is 9.80 Å². The lowest BCUT2D eigenvalue weighted by Gasteiger charge is -2.42. The van der Waals surface area contributed by atoms with E-state index in [9.17, 15) is 0 Å². The van der Waals surface area contributed by atoms with E-state index in [1.807, 2.05) is 4.68 Å². The predicted molar refractivity (Wildman–Crippen MR) is 144 cm³/mol. The molecule has 0 amide bonds. The predicted octanol–water partition coefficient (Wildman–Crippen LogP) is 5.23. The number of tetrazole rings is 1. The van der Waals surface area contributed by atoms with Crippen LogP contribution in [0.15, 0.2) is 84.9 Å². The van der Waals surface area contributed by atoms with Crippen LogP contribution in [0.2, 0.25) is 0 Å². The number of aryl methyl sites for hydroxylation is 1. The fraction of sp³-hybridized carbons (Fsp3) is 0.367. The summed E-state index contributed by atoms with van der Waals surface area (Å²) in [7, 11) is 0. The number of rotatable bonds is 6. The highest BCUT2D eigenvalue weighted by atomic mass is 15.6. The summed E-state index contributed by atoms with van der Waals surface area (Å²) in [5.41, 5.74) is 4.96. The number of nitrogens with zero attached hydrogens (tertiary/aromatic N) is 6. The van der Waals surface area contributed by atoms with Crippen molar-refractivity contribution in [3.05, 3.63) is 113 Å². The Labute approximate surface area is 214 Å². The molecule has 0 radical (unpaired) electrons. The van der Waals surface area contributed by atoms with Gasteiger partial charge in [0.2, 0.25) is 0 Å². The summed E-state index contributed by atoms with van der Waals surface area (Å²) in [6.07, 6.45) is 0. The molecule has 4 aromatic rings. The molecule has 0 bridgehead atoms. The van der Waals surface area contributed by atoms with Crippen molar-refractivity contribution in [1.29, 1.82) is 0 Å². The first-order valence-corrected chi connectivity index (χ1v) is 12.8. The molecule has 1 fully saturated rings. The van der Waals surface area contributed by atoms with Gasteiger partial charge in [0.1, 0.15) is 0 Å². The average Bonchev–Trinajstić information content (AvgIpc) is 3.38. The Kier molecular flexibility index (Phi) is 6.99. The minimum Gasteiger partial charge on any atom is -0.290 e. The van der Waals surface area contributed by atoms with E-state index in [1.165, 1.54) is 22.3 Å². The Morgan fingerprint density at radius 2 is 1.11 bits per heavy atom. The highest BCUT2D eigenvalue weighted by Gasteiger charge is 2.35. The molecule has 0 aliphatic carbocycles. The van der Waals surface area contributed by atoms with Crippen molar-refractivity contribution in [2.75, 3.05) is 26.2 Å². The highest BCUT2D eigenvalue weighted by Crippen LogP contribution is 2.34. The topological polar surface area (TPSA) is 50.1 Å². The second-order valence-corrected chi connectivity index (χ2v) is 10.7. The van der Waals surface area contributed by atoms with Gasteiger partial charge in [0, 0.05) is 26.2 Å². The number of benzene rings is 3. The maximum absolute atomic E-state index is 4.55. The van der Waals surface area contributed by atoms with Gasteiger partial charge in [0.25, 0.3) is 0 Å². The SMILES string of the molecule is Cc1ccc([C@H](c2nnnn2C(C)(C)C)N2CCN(C(c3ccccc3)c3ccccc3)CC2)cc1. The zero-order chi connectivity index (χ0) is 25.1. The zero-order valence-corrected chi connectivity index (χ0v) is 21.7. The van der Waals surface area contributed by atoms with Gasteiger partial charge in [-0.2, -0.15) is 0 Å². The van der Waals surface area contributed by atoms with E-state index >= 15 is 0 Å². The van der Waals surface area contributed by atoms with Crippen molar-refractivity contribution in [3.8, 4) is 0 Å². The van der Waals surface area contributed by atoms with E-state index in [2.05, 4.69) is 138 Å². The standard InChI is InChI=1S/C30H36N6/c1-23-15-17-26(18-16-23)28(29-31-32-33-36(29)30(2,3)4)35-21-19-34(20-22-35)27(24-11-7-5-8-12-24)25-13-9-6-10-14-25/h5-18,27-28H,19-22H2,1-4H3/t28-/m1/s1. The molecule has 3 aromatic carbocycles. The third kappa shape index (κ3) is 5.11. The molecule has 6 heteroatoms. The third-order valence-corrected chi connectivity index (χ3v) is 7.08. The summed E-state index contributed by atoms with van der Waals surface area (Å²) >= 11 is 0. The Morgan fingerprint density at radius 1 is 0.639 bits per heavy atom. The molecular weight excluding hydrogens is 444 g/mol. The maximum Gasteiger partial charge on any atom is 0.173 e. The van der Waals surface area contributed by atoms with Crippen LogP contribution in [0.3, 0.4) is 0 Å². The highest BCUT2D eigenvalue weighted by molar-refractivity contribution is 5.32. The van der Waals surface area contributed by atoms with E-state index in [-0.39, 0.29) is 17.6 Å². The molecule has 186 valence electrons. The fourth-order valence-electron chi connectivity index (χ4n) is 5.25. The van der Waals surface area contributed by atoms with E-state index in [4.69, 9.17) is 0 Å². The van der Waals surface area contributed by atoms with Crippen molar-refractivity contribution in [2.45, 2.75) is 45.3 Å². The van der Waals surface area contributed by atoms with Gasteiger partial charge in [0.05, 0.1) is 17.6 Å². The number of hydrogen-bond donors (Lipinski definition) is 0. The third-order valence-electron chi connectivity index (χ3n) is 7.08. The lowest BCUT2D eigenvalue weighted by Crippen LogP contribution is -2.49. The van der Waals surface area contributed by atoms with Crippen LogP contribution in [-0.2, 0) is 5.54 Å². The Hall–Kier alpha value is -3.35. The summed E-state index contributed by atoms with van der Waals surface area (Å²) < 4.78 is 1.99. The van der Waals surface area contributed by atoms with E-state index in [1.54, 1.807) is 0 Å². The van der Waals surface area contributed by atoms with Gasteiger partial charge in [-0.05, 0) is 54.8 Å². The van der Waals surface area contributed by atoms with Gasteiger partial charge in [-0.1, -0.05) is 90.5 Å².